The highest BCUT2D eigenvalue weighted by Gasteiger charge is 2.09. The largest absolute Gasteiger partial charge is 0.333 e. The Hall–Kier alpha value is -0.880. The maximum Gasteiger partial charge on any atom is 0.151 e. The second-order valence-electron chi connectivity index (χ2n) is 3.95. The molecule has 6 heteroatoms. The van der Waals surface area contributed by atoms with Crippen LogP contribution in [0, 0.1) is 0 Å². The van der Waals surface area contributed by atoms with Crippen molar-refractivity contribution in [2.24, 2.45) is 0 Å². The maximum atomic E-state index is 11.4. The fourth-order valence-corrected chi connectivity index (χ4v) is 2.23. The van der Waals surface area contributed by atoms with Gasteiger partial charge in [-0.05, 0) is 13.0 Å². The van der Waals surface area contributed by atoms with Crippen molar-refractivity contribution >= 4 is 9.84 Å². The van der Waals surface area contributed by atoms with E-state index >= 15 is 0 Å². The standard InChI is InChI=1S/C11H21N3O2S/c1-3-5-12-10-11-13-6-7-14(11)8-9-17(15,16)4-2/h6-7,12H,3-5,8-10H2,1-2H3. The molecular formula is C11H21N3O2S. The fourth-order valence-electron chi connectivity index (χ4n) is 1.47. The minimum Gasteiger partial charge on any atom is -0.333 e. The topological polar surface area (TPSA) is 64.0 Å². The number of sulfone groups is 1. The van der Waals surface area contributed by atoms with Crippen LogP contribution >= 0.6 is 0 Å². The number of nitrogens with one attached hydrogen (secondary N) is 1. The monoisotopic (exact) mass is 259 g/mol. The summed E-state index contributed by atoms with van der Waals surface area (Å²) >= 11 is 0. The van der Waals surface area contributed by atoms with Crippen LogP contribution in [0.4, 0.5) is 0 Å². The minimum absolute atomic E-state index is 0.181. The molecule has 0 atom stereocenters. The van der Waals surface area contributed by atoms with Gasteiger partial charge in [0, 0.05) is 24.7 Å². The van der Waals surface area contributed by atoms with E-state index in [1.807, 2.05) is 10.8 Å². The lowest BCUT2D eigenvalue weighted by Crippen LogP contribution is -2.20. The third-order valence-corrected chi connectivity index (χ3v) is 4.28. The van der Waals surface area contributed by atoms with Crippen molar-refractivity contribution in [2.75, 3.05) is 18.1 Å². The van der Waals surface area contributed by atoms with E-state index in [4.69, 9.17) is 0 Å². The second-order valence-corrected chi connectivity index (χ2v) is 6.42. The van der Waals surface area contributed by atoms with Gasteiger partial charge in [0.05, 0.1) is 12.3 Å². The molecule has 0 amide bonds. The van der Waals surface area contributed by atoms with Gasteiger partial charge in [-0.15, -0.1) is 0 Å². The van der Waals surface area contributed by atoms with E-state index in [9.17, 15) is 8.42 Å². The zero-order valence-electron chi connectivity index (χ0n) is 10.5. The van der Waals surface area contributed by atoms with Crippen LogP contribution < -0.4 is 5.32 Å². The summed E-state index contributed by atoms with van der Waals surface area (Å²) in [5.74, 6) is 1.27. The number of hydrogen-bond donors (Lipinski definition) is 1. The fraction of sp³-hybridized carbons (Fsp3) is 0.727. The van der Waals surface area contributed by atoms with Gasteiger partial charge in [0.25, 0.3) is 0 Å². The predicted octanol–water partition coefficient (Wildman–Crippen LogP) is 0.817. The molecule has 0 aromatic carbocycles. The predicted molar refractivity (Wildman–Crippen MR) is 68.6 cm³/mol. The number of aromatic nitrogens is 2. The molecule has 1 aromatic rings. The van der Waals surface area contributed by atoms with Crippen LogP contribution in [0.15, 0.2) is 12.4 Å². The Labute approximate surface area is 103 Å². The van der Waals surface area contributed by atoms with Crippen LogP contribution in [0.5, 0.6) is 0 Å². The SMILES string of the molecule is CCCNCc1nccn1CCS(=O)(=O)CC. The second kappa shape index (κ2) is 6.76. The summed E-state index contributed by atoms with van der Waals surface area (Å²) in [6.45, 7) is 5.90. The normalized spacial score (nSPS) is 11.9. The Bertz CT molecular complexity index is 426. The van der Waals surface area contributed by atoms with Crippen molar-refractivity contribution in [1.82, 2.24) is 14.9 Å². The third-order valence-electron chi connectivity index (χ3n) is 2.59. The molecule has 0 aliphatic rings. The highest BCUT2D eigenvalue weighted by Crippen LogP contribution is 2.00. The van der Waals surface area contributed by atoms with Gasteiger partial charge in [-0.1, -0.05) is 13.8 Å². The van der Waals surface area contributed by atoms with E-state index in [0.29, 0.717) is 13.1 Å². The number of rotatable bonds is 8. The van der Waals surface area contributed by atoms with E-state index in [0.717, 1.165) is 18.8 Å². The van der Waals surface area contributed by atoms with Crippen LogP contribution in [0.2, 0.25) is 0 Å². The molecule has 0 fully saturated rings. The van der Waals surface area contributed by atoms with Gasteiger partial charge in [-0.3, -0.25) is 0 Å². The Morgan fingerprint density at radius 2 is 2.18 bits per heavy atom. The van der Waals surface area contributed by atoms with Gasteiger partial charge in [-0.25, -0.2) is 13.4 Å². The zero-order chi connectivity index (χ0) is 12.7. The van der Waals surface area contributed by atoms with Crippen molar-refractivity contribution in [3.8, 4) is 0 Å². The molecule has 0 unspecified atom stereocenters. The first-order valence-corrected chi connectivity index (χ1v) is 7.82. The number of aryl methyl sites for hydroxylation is 1. The van der Waals surface area contributed by atoms with Crippen molar-refractivity contribution in [2.45, 2.75) is 33.4 Å². The molecule has 1 aromatic heterocycles. The quantitative estimate of drug-likeness (QED) is 0.702. The van der Waals surface area contributed by atoms with Crippen molar-refractivity contribution in [1.29, 1.82) is 0 Å². The lowest BCUT2D eigenvalue weighted by molar-refractivity contribution is 0.579. The summed E-state index contributed by atoms with van der Waals surface area (Å²) in [7, 11) is -2.91. The van der Waals surface area contributed by atoms with E-state index in [1.165, 1.54) is 0 Å². The first-order valence-electron chi connectivity index (χ1n) is 6.00. The van der Waals surface area contributed by atoms with Gasteiger partial charge < -0.3 is 9.88 Å². The summed E-state index contributed by atoms with van der Waals surface area (Å²) in [5, 5.41) is 3.26. The average Bonchev–Trinajstić information content (AvgIpc) is 2.75. The first-order chi connectivity index (χ1) is 8.09. The Morgan fingerprint density at radius 1 is 1.41 bits per heavy atom. The van der Waals surface area contributed by atoms with Gasteiger partial charge in [0.1, 0.15) is 5.82 Å². The third kappa shape index (κ3) is 4.87. The number of hydrogen-bond acceptors (Lipinski definition) is 4. The Morgan fingerprint density at radius 3 is 2.82 bits per heavy atom. The van der Waals surface area contributed by atoms with Crippen LogP contribution in [0.1, 0.15) is 26.1 Å². The highest BCUT2D eigenvalue weighted by atomic mass is 32.2. The van der Waals surface area contributed by atoms with E-state index in [-0.39, 0.29) is 11.5 Å². The molecule has 0 saturated heterocycles. The summed E-state index contributed by atoms with van der Waals surface area (Å²) in [6.07, 6.45) is 4.61. The van der Waals surface area contributed by atoms with Gasteiger partial charge in [0.2, 0.25) is 0 Å². The average molecular weight is 259 g/mol. The Kier molecular flexibility index (Phi) is 5.64. The van der Waals surface area contributed by atoms with Gasteiger partial charge in [-0.2, -0.15) is 0 Å². The summed E-state index contributed by atoms with van der Waals surface area (Å²) < 4.78 is 24.7. The van der Waals surface area contributed by atoms with Crippen molar-refractivity contribution in [3.63, 3.8) is 0 Å². The molecule has 1 rings (SSSR count). The molecular weight excluding hydrogens is 238 g/mol. The zero-order valence-corrected chi connectivity index (χ0v) is 11.3. The summed E-state index contributed by atoms with van der Waals surface area (Å²) in [5.41, 5.74) is 0. The Balaban J connectivity index is 2.51. The first kappa shape index (κ1) is 14.2. The molecule has 0 spiro atoms. The lowest BCUT2D eigenvalue weighted by Gasteiger charge is -2.08. The minimum atomic E-state index is -2.91. The molecule has 17 heavy (non-hydrogen) atoms. The summed E-state index contributed by atoms with van der Waals surface area (Å²) in [4.78, 5) is 4.22. The molecule has 5 nitrogen and oxygen atoms in total. The smallest absolute Gasteiger partial charge is 0.151 e. The van der Waals surface area contributed by atoms with E-state index < -0.39 is 9.84 Å². The molecule has 1 heterocycles. The van der Waals surface area contributed by atoms with Gasteiger partial charge in [0.15, 0.2) is 9.84 Å². The molecule has 0 radical (unpaired) electrons. The molecule has 0 bridgehead atoms. The van der Waals surface area contributed by atoms with Crippen molar-refractivity contribution in [3.05, 3.63) is 18.2 Å². The lowest BCUT2D eigenvalue weighted by atomic mass is 10.4. The maximum absolute atomic E-state index is 11.4. The number of imidazole rings is 1. The molecule has 98 valence electrons. The molecule has 1 N–H and O–H groups in total. The molecule has 0 aliphatic carbocycles. The van der Waals surface area contributed by atoms with E-state index in [2.05, 4.69) is 17.2 Å². The van der Waals surface area contributed by atoms with Crippen LogP contribution in [0.25, 0.3) is 0 Å². The van der Waals surface area contributed by atoms with Crippen LogP contribution in [-0.2, 0) is 22.9 Å². The molecule has 0 aliphatic heterocycles. The van der Waals surface area contributed by atoms with Crippen LogP contribution in [-0.4, -0.2) is 36.0 Å². The van der Waals surface area contributed by atoms with Gasteiger partial charge >= 0.3 is 0 Å². The number of nitrogens with zero attached hydrogens (tertiary/aromatic N) is 2. The molecule has 0 saturated carbocycles. The summed E-state index contributed by atoms with van der Waals surface area (Å²) in [6, 6.07) is 0. The highest BCUT2D eigenvalue weighted by molar-refractivity contribution is 7.91. The van der Waals surface area contributed by atoms with E-state index in [1.54, 1.807) is 13.1 Å². The van der Waals surface area contributed by atoms with Crippen molar-refractivity contribution < 1.29 is 8.42 Å². The van der Waals surface area contributed by atoms with Crippen LogP contribution in [0.3, 0.4) is 0 Å².